The SMILES string of the molecule is Cc1nc2ccccn2c1C(=O)NNC(=O)CCNS(=O)(=O)c1ccc(C(C)C)cc1. The molecule has 0 aliphatic rings. The Bertz CT molecular complexity index is 1200. The molecule has 2 amide bonds. The summed E-state index contributed by atoms with van der Waals surface area (Å²) in [6, 6.07) is 12.0. The van der Waals surface area contributed by atoms with Gasteiger partial charge in [-0.1, -0.05) is 32.0 Å². The summed E-state index contributed by atoms with van der Waals surface area (Å²) in [4.78, 5) is 28.9. The number of pyridine rings is 1. The molecule has 2 heterocycles. The molecule has 164 valence electrons. The Morgan fingerprint density at radius 2 is 1.77 bits per heavy atom. The molecule has 0 saturated carbocycles. The van der Waals surface area contributed by atoms with Crippen molar-refractivity contribution in [1.82, 2.24) is 25.0 Å². The van der Waals surface area contributed by atoms with Crippen molar-refractivity contribution in [2.45, 2.75) is 38.0 Å². The molecule has 10 heteroatoms. The first-order chi connectivity index (χ1) is 14.7. The van der Waals surface area contributed by atoms with Crippen LogP contribution in [0.4, 0.5) is 0 Å². The maximum Gasteiger partial charge on any atom is 0.288 e. The summed E-state index contributed by atoms with van der Waals surface area (Å²) >= 11 is 0. The predicted octanol–water partition coefficient (Wildman–Crippen LogP) is 1.90. The van der Waals surface area contributed by atoms with Crippen LogP contribution >= 0.6 is 0 Å². The number of imidazole rings is 1. The molecule has 0 saturated heterocycles. The number of nitrogens with zero attached hydrogens (tertiary/aromatic N) is 2. The van der Waals surface area contributed by atoms with Crippen LogP contribution < -0.4 is 15.6 Å². The van der Waals surface area contributed by atoms with Crippen LogP contribution in [0.25, 0.3) is 5.65 Å². The molecule has 0 unspecified atom stereocenters. The second kappa shape index (κ2) is 9.27. The number of nitrogens with one attached hydrogen (secondary N) is 3. The summed E-state index contributed by atoms with van der Waals surface area (Å²) in [7, 11) is -3.72. The summed E-state index contributed by atoms with van der Waals surface area (Å²) in [5, 5.41) is 0. The van der Waals surface area contributed by atoms with E-state index < -0.39 is 21.8 Å². The van der Waals surface area contributed by atoms with Crippen LogP contribution in [0.15, 0.2) is 53.6 Å². The van der Waals surface area contributed by atoms with Crippen LogP contribution in [0.2, 0.25) is 0 Å². The molecule has 0 atom stereocenters. The van der Waals surface area contributed by atoms with Crippen molar-refractivity contribution < 1.29 is 18.0 Å². The molecule has 0 aliphatic carbocycles. The molecule has 1 aromatic carbocycles. The largest absolute Gasteiger partial charge is 0.295 e. The number of benzene rings is 1. The van der Waals surface area contributed by atoms with Gasteiger partial charge in [0.15, 0.2) is 0 Å². The van der Waals surface area contributed by atoms with E-state index in [2.05, 4.69) is 20.6 Å². The molecule has 0 fully saturated rings. The van der Waals surface area contributed by atoms with Gasteiger partial charge in [0.1, 0.15) is 11.3 Å². The predicted molar refractivity (Wildman–Crippen MR) is 116 cm³/mol. The molecule has 3 N–H and O–H groups in total. The van der Waals surface area contributed by atoms with Crippen LogP contribution in [-0.2, 0) is 14.8 Å². The highest BCUT2D eigenvalue weighted by atomic mass is 32.2. The normalized spacial score (nSPS) is 11.6. The number of fused-ring (bicyclic) bond motifs is 1. The second-order valence-corrected chi connectivity index (χ2v) is 9.12. The molecule has 0 aliphatic heterocycles. The van der Waals surface area contributed by atoms with E-state index in [1.807, 2.05) is 19.9 Å². The van der Waals surface area contributed by atoms with Crippen LogP contribution in [0, 0.1) is 6.92 Å². The smallest absolute Gasteiger partial charge is 0.288 e. The Hall–Kier alpha value is -3.24. The highest BCUT2D eigenvalue weighted by molar-refractivity contribution is 7.89. The minimum atomic E-state index is -3.72. The van der Waals surface area contributed by atoms with Gasteiger partial charge in [0.2, 0.25) is 15.9 Å². The molecule has 0 bridgehead atoms. The van der Waals surface area contributed by atoms with Gasteiger partial charge < -0.3 is 0 Å². The average molecular weight is 444 g/mol. The Kier molecular flexibility index (Phi) is 6.71. The number of hydrogen-bond donors (Lipinski definition) is 3. The number of carbonyl (C=O) groups excluding carboxylic acids is 2. The van der Waals surface area contributed by atoms with E-state index in [0.717, 1.165) is 5.56 Å². The summed E-state index contributed by atoms with van der Waals surface area (Å²) in [6.07, 6.45) is 1.56. The third-order valence-corrected chi connectivity index (χ3v) is 6.21. The Balaban J connectivity index is 1.51. The first kappa shape index (κ1) is 22.4. The van der Waals surface area contributed by atoms with E-state index in [4.69, 9.17) is 0 Å². The van der Waals surface area contributed by atoms with Gasteiger partial charge in [-0.25, -0.2) is 18.1 Å². The number of hydrazine groups is 1. The topological polar surface area (TPSA) is 122 Å². The summed E-state index contributed by atoms with van der Waals surface area (Å²) in [5.41, 5.74) is 7.12. The van der Waals surface area contributed by atoms with Gasteiger partial charge in [0, 0.05) is 19.2 Å². The van der Waals surface area contributed by atoms with E-state index in [0.29, 0.717) is 23.0 Å². The van der Waals surface area contributed by atoms with Gasteiger partial charge in [0.25, 0.3) is 5.91 Å². The number of hydrogen-bond acceptors (Lipinski definition) is 5. The minimum Gasteiger partial charge on any atom is -0.295 e. The van der Waals surface area contributed by atoms with Crippen molar-refractivity contribution in [1.29, 1.82) is 0 Å². The van der Waals surface area contributed by atoms with Gasteiger partial charge in [0.05, 0.1) is 10.6 Å². The maximum absolute atomic E-state index is 12.4. The van der Waals surface area contributed by atoms with Crippen LogP contribution in [0.3, 0.4) is 0 Å². The zero-order chi connectivity index (χ0) is 22.6. The van der Waals surface area contributed by atoms with Gasteiger partial charge in [-0.3, -0.25) is 24.8 Å². The van der Waals surface area contributed by atoms with Gasteiger partial charge in [-0.05, 0) is 42.7 Å². The standard InChI is InChI=1S/C21H25N5O4S/c1-14(2)16-7-9-17(10-8-16)31(29,30)22-12-11-19(27)24-25-21(28)20-15(3)23-18-6-4-5-13-26(18)20/h4-10,13-14,22H,11-12H2,1-3H3,(H,24,27)(H,25,28). The molecule has 2 aromatic heterocycles. The van der Waals surface area contributed by atoms with Crippen molar-refractivity contribution in [3.05, 3.63) is 65.6 Å². The fourth-order valence-electron chi connectivity index (χ4n) is 3.05. The monoisotopic (exact) mass is 443 g/mol. The lowest BCUT2D eigenvalue weighted by Crippen LogP contribution is -2.43. The van der Waals surface area contributed by atoms with E-state index in [9.17, 15) is 18.0 Å². The zero-order valence-electron chi connectivity index (χ0n) is 17.5. The lowest BCUT2D eigenvalue weighted by molar-refractivity contribution is -0.121. The quantitative estimate of drug-likeness (QED) is 0.482. The highest BCUT2D eigenvalue weighted by Gasteiger charge is 2.18. The van der Waals surface area contributed by atoms with Gasteiger partial charge >= 0.3 is 0 Å². The Labute approximate surface area is 180 Å². The number of carbonyl (C=O) groups is 2. The number of sulfonamides is 1. The molecule has 0 spiro atoms. The van der Waals surface area contributed by atoms with Gasteiger partial charge in [-0.2, -0.15) is 0 Å². The molecule has 9 nitrogen and oxygen atoms in total. The van der Waals surface area contributed by atoms with Crippen molar-refractivity contribution in [2.24, 2.45) is 0 Å². The fourth-order valence-corrected chi connectivity index (χ4v) is 4.08. The van der Waals surface area contributed by atoms with E-state index in [1.54, 1.807) is 41.8 Å². The number of amides is 2. The Morgan fingerprint density at radius 3 is 2.45 bits per heavy atom. The summed E-state index contributed by atoms with van der Waals surface area (Å²) in [5.74, 6) is -0.749. The van der Waals surface area contributed by atoms with Crippen molar-refractivity contribution in [3.8, 4) is 0 Å². The zero-order valence-corrected chi connectivity index (χ0v) is 18.4. The number of rotatable bonds is 7. The highest BCUT2D eigenvalue weighted by Crippen LogP contribution is 2.17. The first-order valence-corrected chi connectivity index (χ1v) is 11.3. The summed E-state index contributed by atoms with van der Waals surface area (Å²) < 4.78 is 28.7. The maximum atomic E-state index is 12.4. The Morgan fingerprint density at radius 1 is 1.06 bits per heavy atom. The molecule has 31 heavy (non-hydrogen) atoms. The fraction of sp³-hybridized carbons (Fsp3) is 0.286. The van der Waals surface area contributed by atoms with E-state index >= 15 is 0 Å². The average Bonchev–Trinajstić information content (AvgIpc) is 3.07. The van der Waals surface area contributed by atoms with Crippen LogP contribution in [-0.4, -0.2) is 36.2 Å². The van der Waals surface area contributed by atoms with E-state index in [1.165, 1.54) is 12.1 Å². The van der Waals surface area contributed by atoms with Crippen molar-refractivity contribution in [2.75, 3.05) is 6.54 Å². The number of aromatic nitrogens is 2. The molecule has 3 aromatic rings. The number of aryl methyl sites for hydroxylation is 1. The minimum absolute atomic E-state index is 0.107. The third-order valence-electron chi connectivity index (χ3n) is 4.74. The van der Waals surface area contributed by atoms with E-state index in [-0.39, 0.29) is 17.9 Å². The van der Waals surface area contributed by atoms with Crippen LogP contribution in [0.1, 0.15) is 47.9 Å². The first-order valence-electron chi connectivity index (χ1n) is 9.81. The molecular formula is C21H25N5O4S. The van der Waals surface area contributed by atoms with Gasteiger partial charge in [-0.15, -0.1) is 0 Å². The van der Waals surface area contributed by atoms with Crippen molar-refractivity contribution in [3.63, 3.8) is 0 Å². The molecule has 0 radical (unpaired) electrons. The molecule has 3 rings (SSSR count). The lowest BCUT2D eigenvalue weighted by Gasteiger charge is -2.10. The van der Waals surface area contributed by atoms with Crippen molar-refractivity contribution >= 4 is 27.5 Å². The second-order valence-electron chi connectivity index (χ2n) is 7.35. The molecular weight excluding hydrogens is 418 g/mol. The van der Waals surface area contributed by atoms with Crippen LogP contribution in [0.5, 0.6) is 0 Å². The summed E-state index contributed by atoms with van der Waals surface area (Å²) in [6.45, 7) is 5.64. The lowest BCUT2D eigenvalue weighted by atomic mass is 10.0. The third kappa shape index (κ3) is 5.28.